The lowest BCUT2D eigenvalue weighted by Crippen LogP contribution is -2.15. The second-order valence-electron chi connectivity index (χ2n) is 3.26. The van der Waals surface area contributed by atoms with Gasteiger partial charge in [0, 0.05) is 6.20 Å². The first kappa shape index (κ1) is 12.3. The highest BCUT2D eigenvalue weighted by Crippen LogP contribution is 2.17. The van der Waals surface area contributed by atoms with Crippen LogP contribution in [-0.2, 0) is 0 Å². The molecule has 1 amide bonds. The van der Waals surface area contributed by atoms with Gasteiger partial charge in [-0.25, -0.2) is 9.78 Å². The van der Waals surface area contributed by atoms with E-state index in [1.54, 1.807) is 6.07 Å². The van der Waals surface area contributed by atoms with E-state index in [0.29, 0.717) is 4.67 Å². The van der Waals surface area contributed by atoms with Crippen LogP contribution in [0.1, 0.15) is 21.0 Å². The Morgan fingerprint density at radius 2 is 2.11 bits per heavy atom. The van der Waals surface area contributed by atoms with Crippen LogP contribution in [0.3, 0.4) is 0 Å². The van der Waals surface area contributed by atoms with Crippen LogP contribution in [0.15, 0.2) is 39.5 Å². The normalized spacial score (nSPS) is 10.1. The smallest absolute Gasteiger partial charge is 0.356 e. The topological polar surface area (TPSA) is 92.4 Å². The largest absolute Gasteiger partial charge is 0.476 e. The number of carboxylic acid groups (broad SMARTS) is 1. The van der Waals surface area contributed by atoms with Gasteiger partial charge in [0.25, 0.3) is 5.91 Å². The quantitative estimate of drug-likeness (QED) is 0.908. The number of anilines is 1. The van der Waals surface area contributed by atoms with Gasteiger partial charge in [-0.1, -0.05) is 0 Å². The predicted molar refractivity (Wildman–Crippen MR) is 65.6 cm³/mol. The van der Waals surface area contributed by atoms with Crippen molar-refractivity contribution in [2.75, 3.05) is 5.32 Å². The van der Waals surface area contributed by atoms with Crippen LogP contribution in [0.5, 0.6) is 0 Å². The lowest BCUT2D eigenvalue weighted by molar-refractivity contribution is 0.0691. The third-order valence-corrected chi connectivity index (χ3v) is 2.48. The second kappa shape index (κ2) is 5.01. The molecular formula is C11H7BrN2O4. The predicted octanol–water partition coefficient (Wildman–Crippen LogP) is 2.39. The first-order chi connectivity index (χ1) is 8.58. The Kier molecular flexibility index (Phi) is 3.42. The average molecular weight is 311 g/mol. The molecule has 7 heteroatoms. The van der Waals surface area contributed by atoms with Gasteiger partial charge < -0.3 is 14.8 Å². The Morgan fingerprint density at radius 1 is 1.33 bits per heavy atom. The summed E-state index contributed by atoms with van der Waals surface area (Å²) in [6, 6.07) is 6.01. The Balaban J connectivity index is 2.24. The molecule has 0 saturated heterocycles. The van der Waals surface area contributed by atoms with Crippen LogP contribution in [-0.4, -0.2) is 22.0 Å². The van der Waals surface area contributed by atoms with Crippen molar-refractivity contribution in [1.29, 1.82) is 0 Å². The molecule has 0 saturated carbocycles. The Labute approximate surface area is 110 Å². The van der Waals surface area contributed by atoms with E-state index in [-0.39, 0.29) is 17.1 Å². The number of halogens is 1. The molecule has 2 aromatic rings. The molecule has 92 valence electrons. The number of hydrogen-bond acceptors (Lipinski definition) is 4. The molecule has 0 aliphatic rings. The van der Waals surface area contributed by atoms with Crippen molar-refractivity contribution < 1.29 is 19.1 Å². The summed E-state index contributed by atoms with van der Waals surface area (Å²) >= 11 is 3.07. The number of carbonyl (C=O) groups is 2. The van der Waals surface area contributed by atoms with Crippen molar-refractivity contribution in [2.45, 2.75) is 0 Å². The summed E-state index contributed by atoms with van der Waals surface area (Å²) in [6.45, 7) is 0. The molecule has 0 fully saturated rings. The molecule has 2 rings (SSSR count). The molecule has 2 heterocycles. The number of rotatable bonds is 3. The number of furan rings is 1. The minimum atomic E-state index is -1.22. The van der Waals surface area contributed by atoms with Gasteiger partial charge >= 0.3 is 5.97 Å². The zero-order chi connectivity index (χ0) is 13.1. The molecular weight excluding hydrogens is 304 g/mol. The van der Waals surface area contributed by atoms with Crippen LogP contribution >= 0.6 is 15.9 Å². The van der Waals surface area contributed by atoms with Crippen LogP contribution in [0, 0.1) is 0 Å². The summed E-state index contributed by atoms with van der Waals surface area (Å²) in [4.78, 5) is 26.3. The number of amides is 1. The van der Waals surface area contributed by atoms with E-state index in [4.69, 9.17) is 9.52 Å². The van der Waals surface area contributed by atoms with E-state index in [0.717, 1.165) is 0 Å². The average Bonchev–Trinajstić information content (AvgIpc) is 2.76. The fourth-order valence-electron chi connectivity index (χ4n) is 1.30. The molecule has 0 bridgehead atoms. The maximum atomic E-state index is 11.8. The monoisotopic (exact) mass is 310 g/mol. The van der Waals surface area contributed by atoms with E-state index < -0.39 is 11.9 Å². The number of nitrogens with zero attached hydrogens (tertiary/aromatic N) is 1. The minimum absolute atomic E-state index is 0.0714. The molecule has 0 aliphatic carbocycles. The molecule has 18 heavy (non-hydrogen) atoms. The lowest BCUT2D eigenvalue weighted by Gasteiger charge is -2.05. The van der Waals surface area contributed by atoms with E-state index in [1.165, 1.54) is 24.4 Å². The highest BCUT2D eigenvalue weighted by atomic mass is 79.9. The highest BCUT2D eigenvalue weighted by molar-refractivity contribution is 9.10. The molecule has 0 aliphatic heterocycles. The molecule has 2 N–H and O–H groups in total. The first-order valence-electron chi connectivity index (χ1n) is 4.83. The SMILES string of the molecule is O=C(Nc1cccnc1C(=O)O)c1ccc(Br)o1. The number of aromatic carboxylic acids is 1. The fraction of sp³-hybridized carbons (Fsp3) is 0. The van der Waals surface area contributed by atoms with Gasteiger partial charge in [-0.15, -0.1) is 0 Å². The molecule has 0 aromatic carbocycles. The Bertz CT molecular complexity index is 609. The Morgan fingerprint density at radius 3 is 2.72 bits per heavy atom. The van der Waals surface area contributed by atoms with Crippen molar-refractivity contribution in [2.24, 2.45) is 0 Å². The maximum Gasteiger partial charge on any atom is 0.356 e. The van der Waals surface area contributed by atoms with Crippen LogP contribution in [0.2, 0.25) is 0 Å². The molecule has 0 atom stereocenters. The molecule has 0 spiro atoms. The van der Waals surface area contributed by atoms with Gasteiger partial charge in [-0.2, -0.15) is 0 Å². The van der Waals surface area contributed by atoms with Crippen molar-refractivity contribution >= 4 is 33.5 Å². The molecule has 6 nitrogen and oxygen atoms in total. The van der Waals surface area contributed by atoms with E-state index >= 15 is 0 Å². The second-order valence-corrected chi connectivity index (χ2v) is 4.04. The van der Waals surface area contributed by atoms with Gasteiger partial charge in [0.15, 0.2) is 16.1 Å². The highest BCUT2D eigenvalue weighted by Gasteiger charge is 2.16. The van der Waals surface area contributed by atoms with E-state index in [2.05, 4.69) is 26.2 Å². The summed E-state index contributed by atoms with van der Waals surface area (Å²) < 4.78 is 5.47. The number of carboxylic acids is 1. The number of aromatic nitrogens is 1. The molecule has 2 aromatic heterocycles. The van der Waals surface area contributed by atoms with Gasteiger partial charge in [0.1, 0.15) is 0 Å². The summed E-state index contributed by atoms with van der Waals surface area (Å²) in [5, 5.41) is 11.3. The summed E-state index contributed by atoms with van der Waals surface area (Å²) in [5.74, 6) is -1.69. The number of pyridine rings is 1. The minimum Gasteiger partial charge on any atom is -0.476 e. The zero-order valence-corrected chi connectivity index (χ0v) is 10.5. The van der Waals surface area contributed by atoms with Crippen molar-refractivity contribution in [1.82, 2.24) is 4.98 Å². The number of hydrogen-bond donors (Lipinski definition) is 2. The van der Waals surface area contributed by atoms with Crippen molar-refractivity contribution in [3.05, 3.63) is 46.6 Å². The van der Waals surface area contributed by atoms with Gasteiger partial charge in [0.05, 0.1) is 5.69 Å². The Hall–Kier alpha value is -2.15. The maximum absolute atomic E-state index is 11.8. The molecule has 0 radical (unpaired) electrons. The molecule has 0 unspecified atom stereocenters. The van der Waals surface area contributed by atoms with E-state index in [1.807, 2.05) is 0 Å². The summed E-state index contributed by atoms with van der Waals surface area (Å²) in [7, 11) is 0. The fourth-order valence-corrected chi connectivity index (χ4v) is 1.60. The lowest BCUT2D eigenvalue weighted by atomic mass is 10.3. The van der Waals surface area contributed by atoms with E-state index in [9.17, 15) is 9.59 Å². The van der Waals surface area contributed by atoms with Crippen molar-refractivity contribution in [3.63, 3.8) is 0 Å². The number of nitrogens with one attached hydrogen (secondary N) is 1. The summed E-state index contributed by atoms with van der Waals surface area (Å²) in [5.41, 5.74) is -0.112. The third kappa shape index (κ3) is 2.57. The van der Waals surface area contributed by atoms with Gasteiger partial charge in [-0.05, 0) is 40.2 Å². The summed E-state index contributed by atoms with van der Waals surface area (Å²) in [6.07, 6.45) is 1.34. The van der Waals surface area contributed by atoms with Crippen molar-refractivity contribution in [3.8, 4) is 0 Å². The zero-order valence-electron chi connectivity index (χ0n) is 8.88. The third-order valence-electron chi connectivity index (χ3n) is 2.06. The van der Waals surface area contributed by atoms with Crippen LogP contribution in [0.4, 0.5) is 5.69 Å². The van der Waals surface area contributed by atoms with Gasteiger partial charge in [0.2, 0.25) is 0 Å². The number of carbonyl (C=O) groups excluding carboxylic acids is 1. The van der Waals surface area contributed by atoms with Gasteiger partial charge in [-0.3, -0.25) is 4.79 Å². The van der Waals surface area contributed by atoms with Crippen LogP contribution in [0.25, 0.3) is 0 Å². The van der Waals surface area contributed by atoms with Crippen LogP contribution < -0.4 is 5.32 Å². The standard InChI is InChI=1S/C11H7BrN2O4/c12-8-4-3-7(18-8)10(15)14-6-2-1-5-13-9(6)11(16)17/h1-5H,(H,14,15)(H,16,17). The first-order valence-corrected chi connectivity index (χ1v) is 5.62.